The summed E-state index contributed by atoms with van der Waals surface area (Å²) in [6.07, 6.45) is 0.564. The first-order valence-corrected chi connectivity index (χ1v) is 5.69. The van der Waals surface area contributed by atoms with E-state index in [-0.39, 0.29) is 17.4 Å². The molecule has 9 nitrogen and oxygen atoms in total. The second-order valence-corrected chi connectivity index (χ2v) is 4.27. The number of carbonyl (C=O) groups is 1. The Balaban J connectivity index is 2.32. The van der Waals surface area contributed by atoms with Gasteiger partial charge in [-0.25, -0.2) is 10.8 Å². The molecule has 1 aliphatic rings. The van der Waals surface area contributed by atoms with Crippen molar-refractivity contribution in [3.05, 3.63) is 22.2 Å². The van der Waals surface area contributed by atoms with Crippen LogP contribution in [0.25, 0.3) is 0 Å². The fraction of sp³-hybridized carbons (Fsp3) is 0.400. The molecule has 9 heteroatoms. The summed E-state index contributed by atoms with van der Waals surface area (Å²) in [6.45, 7) is 0.826. The highest BCUT2D eigenvalue weighted by Gasteiger charge is 2.31. The van der Waals surface area contributed by atoms with Gasteiger partial charge in [0.2, 0.25) is 11.7 Å². The molecule has 0 radical (unpaired) electrons. The summed E-state index contributed by atoms with van der Waals surface area (Å²) in [5.74, 6) is 5.05. The van der Waals surface area contributed by atoms with Gasteiger partial charge in [0.25, 0.3) is 0 Å². The monoisotopic (exact) mass is 266 g/mol. The molecule has 0 bridgehead atoms. The first kappa shape index (κ1) is 13.0. The lowest BCUT2D eigenvalue weighted by atomic mass is 10.1. The third-order valence-corrected chi connectivity index (χ3v) is 3.09. The number of carbonyl (C=O) groups excluding carboxylic acids is 1. The highest BCUT2D eigenvalue weighted by molar-refractivity contribution is 5.78. The summed E-state index contributed by atoms with van der Waals surface area (Å²) < 4.78 is 0. The number of primary amides is 1. The maximum absolute atomic E-state index is 11.1. The molecular weight excluding hydrogens is 252 g/mol. The van der Waals surface area contributed by atoms with Crippen LogP contribution in [0.2, 0.25) is 0 Å². The van der Waals surface area contributed by atoms with E-state index in [9.17, 15) is 14.9 Å². The minimum absolute atomic E-state index is 0.121. The number of nitrogens with one attached hydrogen (secondary N) is 1. The van der Waals surface area contributed by atoms with E-state index in [2.05, 4.69) is 10.4 Å². The van der Waals surface area contributed by atoms with Gasteiger partial charge in [0.1, 0.15) is 5.82 Å². The van der Waals surface area contributed by atoms with Gasteiger partial charge in [-0.1, -0.05) is 0 Å². The summed E-state index contributed by atoms with van der Waals surface area (Å²) >= 11 is 0. The Labute approximate surface area is 108 Å². The molecule has 1 aromatic rings. The van der Waals surface area contributed by atoms with Crippen LogP contribution in [-0.2, 0) is 4.79 Å². The van der Waals surface area contributed by atoms with E-state index in [1.807, 2.05) is 0 Å². The Kier molecular flexibility index (Phi) is 3.47. The molecule has 1 saturated heterocycles. The van der Waals surface area contributed by atoms with Gasteiger partial charge in [0.15, 0.2) is 0 Å². The smallest absolute Gasteiger partial charge is 0.311 e. The van der Waals surface area contributed by atoms with E-state index < -0.39 is 10.8 Å². The van der Waals surface area contributed by atoms with Crippen molar-refractivity contribution < 1.29 is 9.72 Å². The fourth-order valence-electron chi connectivity index (χ4n) is 2.08. The fourth-order valence-corrected chi connectivity index (χ4v) is 2.08. The van der Waals surface area contributed by atoms with Crippen LogP contribution in [0.3, 0.4) is 0 Å². The van der Waals surface area contributed by atoms with Crippen molar-refractivity contribution in [2.24, 2.45) is 17.5 Å². The molecule has 0 spiro atoms. The Morgan fingerprint density at radius 2 is 2.32 bits per heavy atom. The van der Waals surface area contributed by atoms with Crippen LogP contribution in [0.5, 0.6) is 0 Å². The van der Waals surface area contributed by atoms with Crippen LogP contribution in [0, 0.1) is 16.0 Å². The number of rotatable bonds is 4. The summed E-state index contributed by atoms with van der Waals surface area (Å²) in [5.41, 5.74) is 7.46. The van der Waals surface area contributed by atoms with Crippen LogP contribution >= 0.6 is 0 Å². The molecular formula is C10H14N6O3. The minimum atomic E-state index is -0.514. The number of pyridine rings is 1. The molecule has 2 rings (SSSR count). The molecule has 102 valence electrons. The zero-order valence-electron chi connectivity index (χ0n) is 10.1. The molecule has 1 aromatic heterocycles. The standard InChI is InChI=1S/C10H14N6O3/c11-9(17)6-3-4-15(5-6)10-7(16(18)19)1-2-8(13-10)14-12/h1-2,6H,3-5,12H2,(H2,11,17)(H,13,14). The zero-order valence-corrected chi connectivity index (χ0v) is 10.1. The van der Waals surface area contributed by atoms with Gasteiger partial charge in [-0.2, -0.15) is 0 Å². The highest BCUT2D eigenvalue weighted by atomic mass is 16.6. The lowest BCUT2D eigenvalue weighted by Crippen LogP contribution is -2.28. The summed E-state index contributed by atoms with van der Waals surface area (Å²) in [6, 6.07) is 2.75. The molecule has 1 atom stereocenters. The molecule has 1 aliphatic heterocycles. The molecule has 1 amide bonds. The minimum Gasteiger partial charge on any atom is -0.369 e. The topological polar surface area (TPSA) is 140 Å². The van der Waals surface area contributed by atoms with Crippen LogP contribution < -0.4 is 21.9 Å². The number of nitrogens with two attached hydrogens (primary N) is 2. The van der Waals surface area contributed by atoms with Crippen molar-refractivity contribution >= 4 is 23.2 Å². The Morgan fingerprint density at radius 1 is 1.58 bits per heavy atom. The van der Waals surface area contributed by atoms with Crippen LogP contribution in [0.1, 0.15) is 6.42 Å². The second-order valence-electron chi connectivity index (χ2n) is 4.27. The molecule has 1 fully saturated rings. The van der Waals surface area contributed by atoms with Crippen LogP contribution in [0.4, 0.5) is 17.3 Å². The number of aromatic nitrogens is 1. The summed E-state index contributed by atoms with van der Waals surface area (Å²) in [7, 11) is 0. The maximum Gasteiger partial charge on any atom is 0.311 e. The third-order valence-electron chi connectivity index (χ3n) is 3.09. The van der Waals surface area contributed by atoms with E-state index in [0.29, 0.717) is 25.3 Å². The van der Waals surface area contributed by atoms with Gasteiger partial charge < -0.3 is 16.1 Å². The molecule has 1 unspecified atom stereocenters. The molecule has 2 heterocycles. The van der Waals surface area contributed by atoms with E-state index in [0.717, 1.165) is 0 Å². The Morgan fingerprint density at radius 3 is 2.84 bits per heavy atom. The van der Waals surface area contributed by atoms with Crippen LogP contribution in [-0.4, -0.2) is 28.9 Å². The van der Waals surface area contributed by atoms with Crippen molar-refractivity contribution in [3.8, 4) is 0 Å². The van der Waals surface area contributed by atoms with Crippen molar-refractivity contribution in [1.82, 2.24) is 4.98 Å². The predicted molar refractivity (Wildman–Crippen MR) is 68.2 cm³/mol. The first-order valence-electron chi connectivity index (χ1n) is 5.69. The Bertz CT molecular complexity index is 520. The van der Waals surface area contributed by atoms with Gasteiger partial charge in [-0.15, -0.1) is 0 Å². The zero-order chi connectivity index (χ0) is 14.0. The summed E-state index contributed by atoms with van der Waals surface area (Å²) in [4.78, 5) is 27.4. The van der Waals surface area contributed by atoms with E-state index in [1.165, 1.54) is 12.1 Å². The number of amides is 1. The van der Waals surface area contributed by atoms with Crippen molar-refractivity contribution in [1.29, 1.82) is 0 Å². The largest absolute Gasteiger partial charge is 0.369 e. The van der Waals surface area contributed by atoms with Crippen molar-refractivity contribution in [3.63, 3.8) is 0 Å². The van der Waals surface area contributed by atoms with E-state index >= 15 is 0 Å². The van der Waals surface area contributed by atoms with E-state index in [4.69, 9.17) is 11.6 Å². The number of hydrogen-bond donors (Lipinski definition) is 3. The first-order chi connectivity index (χ1) is 9.02. The number of hydrogen-bond acceptors (Lipinski definition) is 7. The van der Waals surface area contributed by atoms with Gasteiger partial charge in [-0.3, -0.25) is 14.9 Å². The quantitative estimate of drug-likeness (QED) is 0.382. The predicted octanol–water partition coefficient (Wildman–Crippen LogP) is -0.413. The SMILES string of the molecule is NNc1ccc([N+](=O)[O-])c(N2CCC(C(N)=O)C2)n1. The lowest BCUT2D eigenvalue weighted by molar-refractivity contribution is -0.384. The summed E-state index contributed by atoms with van der Waals surface area (Å²) in [5, 5.41) is 11.0. The molecule has 0 aromatic carbocycles. The number of anilines is 2. The second kappa shape index (κ2) is 5.06. The van der Waals surface area contributed by atoms with E-state index in [1.54, 1.807) is 4.90 Å². The number of nitrogen functional groups attached to an aromatic ring is 1. The van der Waals surface area contributed by atoms with Gasteiger partial charge in [0, 0.05) is 19.2 Å². The normalized spacial score (nSPS) is 18.4. The number of nitro groups is 1. The molecule has 0 saturated carbocycles. The number of hydrazine groups is 1. The molecule has 19 heavy (non-hydrogen) atoms. The van der Waals surface area contributed by atoms with Crippen LogP contribution in [0.15, 0.2) is 12.1 Å². The molecule has 5 N–H and O–H groups in total. The Hall–Kier alpha value is -2.42. The van der Waals surface area contributed by atoms with Gasteiger partial charge in [-0.05, 0) is 12.5 Å². The van der Waals surface area contributed by atoms with Crippen molar-refractivity contribution in [2.75, 3.05) is 23.4 Å². The van der Waals surface area contributed by atoms with Gasteiger partial charge in [0.05, 0.1) is 10.8 Å². The van der Waals surface area contributed by atoms with Crippen molar-refractivity contribution in [2.45, 2.75) is 6.42 Å². The highest BCUT2D eigenvalue weighted by Crippen LogP contribution is 2.31. The average molecular weight is 266 g/mol. The number of nitrogens with zero attached hydrogens (tertiary/aromatic N) is 3. The lowest BCUT2D eigenvalue weighted by Gasteiger charge is -2.17. The maximum atomic E-state index is 11.1. The average Bonchev–Trinajstić information content (AvgIpc) is 2.87. The molecule has 0 aliphatic carbocycles. The van der Waals surface area contributed by atoms with Gasteiger partial charge >= 0.3 is 5.69 Å². The third kappa shape index (κ3) is 2.55.